The van der Waals surface area contributed by atoms with E-state index in [1.807, 2.05) is 13.8 Å². The van der Waals surface area contributed by atoms with E-state index in [1.165, 1.54) is 24.3 Å². The molecule has 4 N–H and O–H groups in total. The van der Waals surface area contributed by atoms with Crippen LogP contribution in [0.25, 0.3) is 0 Å². The van der Waals surface area contributed by atoms with Crippen LogP contribution >= 0.6 is 0 Å². The SMILES string of the molecule is Cc1ccc(NC(=O)c2ccc(C(=O)Nc3ccc(C)cc3O)cc2)c(O)c1. The number of anilines is 2. The van der Waals surface area contributed by atoms with Crippen molar-refractivity contribution in [1.29, 1.82) is 0 Å². The molecule has 6 nitrogen and oxygen atoms in total. The number of phenolic OH excluding ortho intramolecular Hbond substituents is 2. The number of carbonyl (C=O) groups excluding carboxylic acids is 2. The Balaban J connectivity index is 1.70. The number of phenols is 2. The Bertz CT molecular complexity index is 958. The third-order valence-corrected chi connectivity index (χ3v) is 4.21. The van der Waals surface area contributed by atoms with E-state index < -0.39 is 11.8 Å². The van der Waals surface area contributed by atoms with Crippen molar-refractivity contribution in [1.82, 2.24) is 0 Å². The second kappa shape index (κ2) is 7.84. The maximum absolute atomic E-state index is 12.3. The molecule has 28 heavy (non-hydrogen) atoms. The molecule has 0 spiro atoms. The molecule has 0 atom stereocenters. The van der Waals surface area contributed by atoms with Gasteiger partial charge >= 0.3 is 0 Å². The van der Waals surface area contributed by atoms with Gasteiger partial charge in [-0.05, 0) is 73.5 Å². The summed E-state index contributed by atoms with van der Waals surface area (Å²) in [5, 5.41) is 25.1. The summed E-state index contributed by atoms with van der Waals surface area (Å²) in [5.41, 5.74) is 3.07. The molecule has 0 radical (unpaired) electrons. The summed E-state index contributed by atoms with van der Waals surface area (Å²) in [4.78, 5) is 24.7. The number of hydrogen-bond acceptors (Lipinski definition) is 4. The molecule has 0 aromatic heterocycles. The third-order valence-electron chi connectivity index (χ3n) is 4.21. The summed E-state index contributed by atoms with van der Waals surface area (Å²) < 4.78 is 0. The predicted molar refractivity (Wildman–Crippen MR) is 108 cm³/mol. The van der Waals surface area contributed by atoms with Gasteiger partial charge in [0.1, 0.15) is 11.5 Å². The van der Waals surface area contributed by atoms with E-state index in [1.54, 1.807) is 36.4 Å². The highest BCUT2D eigenvalue weighted by Crippen LogP contribution is 2.25. The first kappa shape index (κ1) is 19.0. The van der Waals surface area contributed by atoms with Gasteiger partial charge in [-0.25, -0.2) is 0 Å². The Morgan fingerprint density at radius 3 is 1.32 bits per heavy atom. The molecule has 3 aromatic carbocycles. The van der Waals surface area contributed by atoms with Crippen LogP contribution in [0.1, 0.15) is 31.8 Å². The van der Waals surface area contributed by atoms with Crippen LogP contribution in [0.4, 0.5) is 11.4 Å². The zero-order valence-corrected chi connectivity index (χ0v) is 15.5. The van der Waals surface area contributed by atoms with Gasteiger partial charge in [0.2, 0.25) is 0 Å². The van der Waals surface area contributed by atoms with Gasteiger partial charge in [-0.15, -0.1) is 0 Å². The minimum atomic E-state index is -0.401. The molecule has 6 heteroatoms. The van der Waals surface area contributed by atoms with Gasteiger partial charge in [0.05, 0.1) is 11.4 Å². The van der Waals surface area contributed by atoms with Crippen molar-refractivity contribution in [3.8, 4) is 11.5 Å². The molecule has 0 heterocycles. The third kappa shape index (κ3) is 4.29. The second-order valence-corrected chi connectivity index (χ2v) is 6.53. The van der Waals surface area contributed by atoms with E-state index in [9.17, 15) is 19.8 Å². The maximum atomic E-state index is 12.3. The van der Waals surface area contributed by atoms with Crippen molar-refractivity contribution in [3.63, 3.8) is 0 Å². The number of hydrogen-bond donors (Lipinski definition) is 4. The fourth-order valence-corrected chi connectivity index (χ4v) is 2.66. The maximum Gasteiger partial charge on any atom is 0.255 e. The van der Waals surface area contributed by atoms with E-state index in [-0.39, 0.29) is 11.5 Å². The molecule has 2 amide bonds. The highest BCUT2D eigenvalue weighted by atomic mass is 16.3. The van der Waals surface area contributed by atoms with Gasteiger partial charge in [0, 0.05) is 11.1 Å². The van der Waals surface area contributed by atoms with E-state index >= 15 is 0 Å². The summed E-state index contributed by atoms with van der Waals surface area (Å²) in [5.74, 6) is -0.825. The largest absolute Gasteiger partial charge is 0.506 e. The van der Waals surface area contributed by atoms with E-state index in [0.29, 0.717) is 22.5 Å². The van der Waals surface area contributed by atoms with E-state index in [2.05, 4.69) is 10.6 Å². The van der Waals surface area contributed by atoms with Gasteiger partial charge in [0.25, 0.3) is 11.8 Å². The molecule has 0 aliphatic heterocycles. The highest BCUT2D eigenvalue weighted by molar-refractivity contribution is 6.07. The zero-order chi connectivity index (χ0) is 20.3. The molecule has 0 unspecified atom stereocenters. The van der Waals surface area contributed by atoms with E-state index in [0.717, 1.165) is 11.1 Å². The molecule has 0 aliphatic carbocycles. The van der Waals surface area contributed by atoms with Gasteiger partial charge in [-0.2, -0.15) is 0 Å². The lowest BCUT2D eigenvalue weighted by Gasteiger charge is -2.10. The minimum absolute atomic E-state index is 0.0118. The average molecular weight is 376 g/mol. The van der Waals surface area contributed by atoms with Crippen LogP contribution in [-0.4, -0.2) is 22.0 Å². The molecular formula is C22H20N2O4. The quantitative estimate of drug-likeness (QED) is 0.512. The van der Waals surface area contributed by atoms with Crippen molar-refractivity contribution in [2.75, 3.05) is 10.6 Å². The number of benzene rings is 3. The molecule has 0 saturated heterocycles. The molecular weight excluding hydrogens is 356 g/mol. The number of amides is 2. The minimum Gasteiger partial charge on any atom is -0.506 e. The lowest BCUT2D eigenvalue weighted by Crippen LogP contribution is -2.14. The first-order valence-electron chi connectivity index (χ1n) is 8.65. The van der Waals surface area contributed by atoms with Crippen LogP contribution in [0.3, 0.4) is 0 Å². The summed E-state index contributed by atoms with van der Waals surface area (Å²) in [6.07, 6.45) is 0. The van der Waals surface area contributed by atoms with Gasteiger partial charge in [-0.3, -0.25) is 9.59 Å². The smallest absolute Gasteiger partial charge is 0.255 e. The van der Waals surface area contributed by atoms with Gasteiger partial charge in [0.15, 0.2) is 0 Å². The van der Waals surface area contributed by atoms with Crippen molar-refractivity contribution in [3.05, 3.63) is 82.9 Å². The topological polar surface area (TPSA) is 98.7 Å². The summed E-state index contributed by atoms with van der Waals surface area (Å²) in [6, 6.07) is 16.0. The lowest BCUT2D eigenvalue weighted by atomic mass is 10.1. The normalized spacial score (nSPS) is 10.4. The first-order valence-corrected chi connectivity index (χ1v) is 8.65. The Hall–Kier alpha value is -3.80. The van der Waals surface area contributed by atoms with Crippen molar-refractivity contribution >= 4 is 23.2 Å². The van der Waals surface area contributed by atoms with Gasteiger partial charge < -0.3 is 20.8 Å². The number of aromatic hydroxyl groups is 2. The molecule has 3 aromatic rings. The zero-order valence-electron chi connectivity index (χ0n) is 15.5. The molecule has 0 fully saturated rings. The molecule has 142 valence electrons. The van der Waals surface area contributed by atoms with Crippen LogP contribution in [0.2, 0.25) is 0 Å². The van der Waals surface area contributed by atoms with Crippen molar-refractivity contribution in [2.24, 2.45) is 0 Å². The highest BCUT2D eigenvalue weighted by Gasteiger charge is 2.12. The summed E-state index contributed by atoms with van der Waals surface area (Å²) in [6.45, 7) is 3.68. The second-order valence-electron chi connectivity index (χ2n) is 6.53. The number of nitrogens with one attached hydrogen (secondary N) is 2. The summed E-state index contributed by atoms with van der Waals surface area (Å²) in [7, 11) is 0. The van der Waals surface area contributed by atoms with E-state index in [4.69, 9.17) is 0 Å². The van der Waals surface area contributed by atoms with Crippen LogP contribution in [0.15, 0.2) is 60.7 Å². The van der Waals surface area contributed by atoms with Crippen LogP contribution < -0.4 is 10.6 Å². The van der Waals surface area contributed by atoms with Crippen molar-refractivity contribution < 1.29 is 19.8 Å². The van der Waals surface area contributed by atoms with Crippen LogP contribution in [0.5, 0.6) is 11.5 Å². The Morgan fingerprint density at radius 2 is 1.00 bits per heavy atom. The Kier molecular flexibility index (Phi) is 5.31. The number of carbonyl (C=O) groups is 2. The molecule has 3 rings (SSSR count). The fraction of sp³-hybridized carbons (Fsp3) is 0.0909. The van der Waals surface area contributed by atoms with Crippen LogP contribution in [0, 0.1) is 13.8 Å². The number of aryl methyl sites for hydroxylation is 2. The molecule has 0 bridgehead atoms. The number of rotatable bonds is 4. The summed E-state index contributed by atoms with van der Waals surface area (Å²) >= 11 is 0. The first-order chi connectivity index (χ1) is 13.3. The van der Waals surface area contributed by atoms with Gasteiger partial charge in [-0.1, -0.05) is 12.1 Å². The monoisotopic (exact) mass is 376 g/mol. The lowest BCUT2D eigenvalue weighted by molar-refractivity contribution is 0.101. The Labute approximate surface area is 162 Å². The fourth-order valence-electron chi connectivity index (χ4n) is 2.66. The van der Waals surface area contributed by atoms with Crippen molar-refractivity contribution in [2.45, 2.75) is 13.8 Å². The average Bonchev–Trinajstić information content (AvgIpc) is 2.66. The standard InChI is InChI=1S/C22H20N2O4/c1-13-3-9-17(19(25)11-13)23-21(27)15-5-7-16(8-6-15)22(28)24-18-10-4-14(2)12-20(18)26/h3-12,25-26H,1-2H3,(H,23,27)(H,24,28). The Morgan fingerprint density at radius 1 is 0.643 bits per heavy atom. The van der Waals surface area contributed by atoms with Crippen LogP contribution in [-0.2, 0) is 0 Å². The molecule has 0 aliphatic rings. The molecule has 0 saturated carbocycles. The predicted octanol–water partition coefficient (Wildman–Crippen LogP) is 4.22.